The van der Waals surface area contributed by atoms with Crippen LogP contribution in [0.25, 0.3) is 0 Å². The number of carbonyl (C=O) groups is 2. The molecule has 1 aromatic rings. The van der Waals surface area contributed by atoms with E-state index >= 15 is 0 Å². The van der Waals surface area contributed by atoms with E-state index in [0.29, 0.717) is 23.8 Å². The van der Waals surface area contributed by atoms with Gasteiger partial charge in [0.25, 0.3) is 0 Å². The molecule has 23 heavy (non-hydrogen) atoms. The lowest BCUT2D eigenvalue weighted by Crippen LogP contribution is -2.29. The Labute approximate surface area is 151 Å². The molecular formula is C17H25BrN2O2S. The van der Waals surface area contributed by atoms with Crippen molar-refractivity contribution in [2.75, 3.05) is 23.4 Å². The van der Waals surface area contributed by atoms with Gasteiger partial charge < -0.3 is 10.6 Å². The van der Waals surface area contributed by atoms with E-state index in [9.17, 15) is 9.59 Å². The predicted molar refractivity (Wildman–Crippen MR) is 102 cm³/mol. The summed E-state index contributed by atoms with van der Waals surface area (Å²) in [6.07, 6.45) is 2.62. The predicted octanol–water partition coefficient (Wildman–Crippen LogP) is 4.06. The van der Waals surface area contributed by atoms with Crippen molar-refractivity contribution < 1.29 is 9.59 Å². The van der Waals surface area contributed by atoms with Gasteiger partial charge in [0.05, 0.1) is 5.75 Å². The van der Waals surface area contributed by atoms with Crippen LogP contribution >= 0.6 is 27.7 Å². The molecule has 0 atom stereocenters. The van der Waals surface area contributed by atoms with Gasteiger partial charge in [0.2, 0.25) is 11.8 Å². The van der Waals surface area contributed by atoms with Crippen molar-refractivity contribution in [3.63, 3.8) is 0 Å². The maximum absolute atomic E-state index is 11.8. The molecule has 0 saturated carbocycles. The number of hydrogen-bond acceptors (Lipinski definition) is 3. The van der Waals surface area contributed by atoms with Crippen molar-refractivity contribution in [3.8, 4) is 0 Å². The molecule has 0 radical (unpaired) electrons. The molecule has 2 N–H and O–H groups in total. The van der Waals surface area contributed by atoms with E-state index in [2.05, 4.69) is 40.4 Å². The molecule has 2 amide bonds. The summed E-state index contributed by atoms with van der Waals surface area (Å²) in [5.41, 5.74) is 0.779. The van der Waals surface area contributed by atoms with Gasteiger partial charge >= 0.3 is 0 Å². The molecule has 0 bridgehead atoms. The molecule has 0 aliphatic heterocycles. The molecule has 0 fully saturated rings. The molecular weight excluding hydrogens is 376 g/mol. The highest BCUT2D eigenvalue weighted by Crippen LogP contribution is 2.14. The molecule has 0 heterocycles. The van der Waals surface area contributed by atoms with Crippen LogP contribution in [0.5, 0.6) is 0 Å². The van der Waals surface area contributed by atoms with Crippen LogP contribution in [0.15, 0.2) is 28.7 Å². The number of nitrogens with one attached hydrogen (secondary N) is 2. The molecule has 1 rings (SSSR count). The maximum atomic E-state index is 11.8. The molecule has 128 valence electrons. The lowest BCUT2D eigenvalue weighted by atomic mass is 10.0. The average Bonchev–Trinajstić information content (AvgIpc) is 2.55. The van der Waals surface area contributed by atoms with Gasteiger partial charge in [-0.1, -0.05) is 42.6 Å². The Balaban J connectivity index is 2.13. The zero-order valence-electron chi connectivity index (χ0n) is 13.7. The minimum atomic E-state index is -0.0465. The molecule has 6 heteroatoms. The van der Waals surface area contributed by atoms with E-state index in [0.717, 1.165) is 29.5 Å². The van der Waals surface area contributed by atoms with Gasteiger partial charge in [-0.15, -0.1) is 0 Å². The average molecular weight is 401 g/mol. The van der Waals surface area contributed by atoms with Gasteiger partial charge in [0.1, 0.15) is 0 Å². The van der Waals surface area contributed by atoms with Crippen molar-refractivity contribution in [1.82, 2.24) is 5.32 Å². The standard InChI is InChI=1S/C17H25BrN2O2S/c1-3-13(4-2)11-19-16(21)9-10-23-12-17(22)20-15-7-5-14(18)6-8-15/h5-8,13H,3-4,9-12H2,1-2H3,(H,19,21)(H,20,22). The van der Waals surface area contributed by atoms with Crippen LogP contribution in [0.4, 0.5) is 5.69 Å². The molecule has 0 saturated heterocycles. The summed E-state index contributed by atoms with van der Waals surface area (Å²) in [5, 5.41) is 5.79. The highest BCUT2D eigenvalue weighted by Gasteiger charge is 2.07. The van der Waals surface area contributed by atoms with Crippen molar-refractivity contribution in [3.05, 3.63) is 28.7 Å². The van der Waals surface area contributed by atoms with Gasteiger partial charge in [0, 0.05) is 28.9 Å². The Bertz CT molecular complexity index is 490. The summed E-state index contributed by atoms with van der Waals surface area (Å²) < 4.78 is 0.976. The van der Waals surface area contributed by atoms with Crippen molar-refractivity contribution >= 4 is 45.2 Å². The van der Waals surface area contributed by atoms with Gasteiger partial charge in [0.15, 0.2) is 0 Å². The Morgan fingerprint density at radius 3 is 2.39 bits per heavy atom. The van der Waals surface area contributed by atoms with E-state index in [1.165, 1.54) is 11.8 Å². The zero-order chi connectivity index (χ0) is 17.1. The first-order chi connectivity index (χ1) is 11.0. The molecule has 0 aliphatic carbocycles. The number of amides is 2. The largest absolute Gasteiger partial charge is 0.356 e. The molecule has 1 aromatic carbocycles. The highest BCUT2D eigenvalue weighted by atomic mass is 79.9. The topological polar surface area (TPSA) is 58.2 Å². The fraction of sp³-hybridized carbons (Fsp3) is 0.529. The smallest absolute Gasteiger partial charge is 0.234 e. The first-order valence-electron chi connectivity index (χ1n) is 7.95. The van der Waals surface area contributed by atoms with Gasteiger partial charge in [-0.3, -0.25) is 9.59 Å². The zero-order valence-corrected chi connectivity index (χ0v) is 16.1. The van der Waals surface area contributed by atoms with Crippen molar-refractivity contribution in [1.29, 1.82) is 0 Å². The van der Waals surface area contributed by atoms with E-state index in [1.807, 2.05) is 24.3 Å². The van der Waals surface area contributed by atoms with E-state index < -0.39 is 0 Å². The molecule has 4 nitrogen and oxygen atoms in total. The van der Waals surface area contributed by atoms with Crippen LogP contribution < -0.4 is 10.6 Å². The third-order valence-corrected chi connectivity index (χ3v) is 5.06. The summed E-state index contributed by atoms with van der Waals surface area (Å²) in [7, 11) is 0. The minimum absolute atomic E-state index is 0.0465. The number of rotatable bonds is 10. The second-order valence-electron chi connectivity index (χ2n) is 5.34. The third kappa shape index (κ3) is 9.01. The fourth-order valence-corrected chi connectivity index (χ4v) is 2.98. The summed E-state index contributed by atoms with van der Waals surface area (Å²) >= 11 is 4.83. The first kappa shape index (κ1) is 20.0. The maximum Gasteiger partial charge on any atom is 0.234 e. The normalized spacial score (nSPS) is 10.6. The number of halogens is 1. The Morgan fingerprint density at radius 1 is 1.13 bits per heavy atom. The summed E-state index contributed by atoms with van der Waals surface area (Å²) in [5.74, 6) is 1.59. The molecule has 0 aromatic heterocycles. The second-order valence-corrected chi connectivity index (χ2v) is 7.37. The summed E-state index contributed by atoms with van der Waals surface area (Å²) in [4.78, 5) is 23.5. The van der Waals surface area contributed by atoms with Gasteiger partial charge in [-0.2, -0.15) is 11.8 Å². The van der Waals surface area contributed by atoms with Crippen molar-refractivity contribution in [2.45, 2.75) is 33.1 Å². The number of carbonyl (C=O) groups excluding carboxylic acids is 2. The fourth-order valence-electron chi connectivity index (χ4n) is 1.98. The molecule has 0 spiro atoms. The quantitative estimate of drug-likeness (QED) is 0.582. The molecule has 0 unspecified atom stereocenters. The highest BCUT2D eigenvalue weighted by molar-refractivity contribution is 9.10. The van der Waals surface area contributed by atoms with Gasteiger partial charge in [-0.25, -0.2) is 0 Å². The lowest BCUT2D eigenvalue weighted by Gasteiger charge is -2.13. The SMILES string of the molecule is CCC(CC)CNC(=O)CCSCC(=O)Nc1ccc(Br)cc1. The second kappa shape index (κ2) is 11.5. The number of thioether (sulfide) groups is 1. The van der Waals surface area contributed by atoms with Crippen LogP contribution in [0, 0.1) is 5.92 Å². The summed E-state index contributed by atoms with van der Waals surface area (Å²) in [6, 6.07) is 7.45. The number of hydrogen-bond donors (Lipinski definition) is 2. The Kier molecular flexibility index (Phi) is 10.0. The lowest BCUT2D eigenvalue weighted by molar-refractivity contribution is -0.121. The van der Waals surface area contributed by atoms with E-state index in [-0.39, 0.29) is 11.8 Å². The van der Waals surface area contributed by atoms with Crippen LogP contribution in [0.1, 0.15) is 33.1 Å². The number of benzene rings is 1. The monoisotopic (exact) mass is 400 g/mol. The summed E-state index contributed by atoms with van der Waals surface area (Å²) in [6.45, 7) is 5.03. The van der Waals surface area contributed by atoms with E-state index in [4.69, 9.17) is 0 Å². The van der Waals surface area contributed by atoms with Crippen LogP contribution in [0.3, 0.4) is 0 Å². The number of anilines is 1. The first-order valence-corrected chi connectivity index (χ1v) is 9.89. The Hall–Kier alpha value is -1.01. The Morgan fingerprint density at radius 2 is 1.78 bits per heavy atom. The van der Waals surface area contributed by atoms with Gasteiger partial charge in [-0.05, 0) is 30.2 Å². The van der Waals surface area contributed by atoms with Crippen molar-refractivity contribution in [2.24, 2.45) is 5.92 Å². The van der Waals surface area contributed by atoms with Crippen LogP contribution in [-0.2, 0) is 9.59 Å². The minimum Gasteiger partial charge on any atom is -0.356 e. The van der Waals surface area contributed by atoms with Crippen LogP contribution in [0.2, 0.25) is 0 Å². The van der Waals surface area contributed by atoms with Crippen LogP contribution in [-0.4, -0.2) is 29.9 Å². The van der Waals surface area contributed by atoms with E-state index in [1.54, 1.807) is 0 Å². The molecule has 0 aliphatic rings. The third-order valence-electron chi connectivity index (χ3n) is 3.58.